The van der Waals surface area contributed by atoms with Crippen LogP contribution in [-0.2, 0) is 13.0 Å². The van der Waals surface area contributed by atoms with E-state index in [4.69, 9.17) is 4.98 Å². The molecule has 1 N–H and O–H groups in total. The highest BCUT2D eigenvalue weighted by molar-refractivity contribution is 8.14. The minimum absolute atomic E-state index is 0.0321. The molecule has 0 saturated carbocycles. The Balaban J connectivity index is 1.62. The van der Waals surface area contributed by atoms with E-state index >= 15 is 0 Å². The van der Waals surface area contributed by atoms with Crippen LogP contribution in [0.15, 0.2) is 71.8 Å². The number of aromatic nitrogens is 2. The molecule has 1 atom stereocenters. The first kappa shape index (κ1) is 23.8. The molecular weight excluding hydrogens is 466 g/mol. The molecule has 6 nitrogen and oxygen atoms in total. The fraction of sp³-hybridized carbons (Fsp3) is 0.241. The van der Waals surface area contributed by atoms with Gasteiger partial charge in [-0.25, -0.2) is 10.4 Å². The molecule has 1 aliphatic heterocycles. The van der Waals surface area contributed by atoms with E-state index in [2.05, 4.69) is 46.3 Å². The third kappa shape index (κ3) is 4.65. The van der Waals surface area contributed by atoms with Gasteiger partial charge in [-0.2, -0.15) is 10.4 Å². The molecule has 5 rings (SSSR count). The fourth-order valence-electron chi connectivity index (χ4n) is 4.68. The average molecular weight is 494 g/mol. The van der Waals surface area contributed by atoms with Gasteiger partial charge in [0.25, 0.3) is 5.24 Å². The predicted molar refractivity (Wildman–Crippen MR) is 146 cm³/mol. The number of amides is 1. The summed E-state index contributed by atoms with van der Waals surface area (Å²) in [4.78, 5) is 16.7. The van der Waals surface area contributed by atoms with Crippen molar-refractivity contribution in [2.75, 3.05) is 0 Å². The maximum absolute atomic E-state index is 11.7. The molecule has 3 aromatic carbocycles. The van der Waals surface area contributed by atoms with Crippen molar-refractivity contribution in [1.82, 2.24) is 15.0 Å². The molecule has 0 fully saturated rings. The lowest BCUT2D eigenvalue weighted by molar-refractivity contribution is 0.261. The van der Waals surface area contributed by atoms with Gasteiger partial charge in [0.15, 0.2) is 0 Å². The van der Waals surface area contributed by atoms with Crippen LogP contribution in [0.25, 0.3) is 22.2 Å². The van der Waals surface area contributed by atoms with Gasteiger partial charge in [0, 0.05) is 18.5 Å². The van der Waals surface area contributed by atoms with E-state index in [9.17, 15) is 10.1 Å². The van der Waals surface area contributed by atoms with Crippen LogP contribution in [0.5, 0.6) is 0 Å². The summed E-state index contributed by atoms with van der Waals surface area (Å²) >= 11 is 1.25. The van der Waals surface area contributed by atoms with Gasteiger partial charge in [-0.3, -0.25) is 4.79 Å². The Morgan fingerprint density at radius 2 is 1.86 bits per heavy atom. The van der Waals surface area contributed by atoms with Crippen LogP contribution in [0, 0.1) is 11.3 Å². The van der Waals surface area contributed by atoms with Gasteiger partial charge < -0.3 is 4.57 Å². The quantitative estimate of drug-likeness (QED) is 0.318. The summed E-state index contributed by atoms with van der Waals surface area (Å²) in [6, 6.07) is 24.6. The molecule has 0 radical (unpaired) electrons. The van der Waals surface area contributed by atoms with Crippen molar-refractivity contribution in [2.24, 2.45) is 5.10 Å². The van der Waals surface area contributed by atoms with E-state index < -0.39 is 0 Å². The van der Waals surface area contributed by atoms with Crippen LogP contribution >= 0.6 is 11.8 Å². The maximum Gasteiger partial charge on any atom is 0.299 e. The summed E-state index contributed by atoms with van der Waals surface area (Å²) < 4.78 is 2.29. The molecule has 0 aliphatic carbocycles. The van der Waals surface area contributed by atoms with Gasteiger partial charge in [0.05, 0.1) is 33.6 Å². The molecule has 4 aromatic rings. The number of hydrazone groups is 1. The number of carbonyl (C=O) groups is 1. The largest absolute Gasteiger partial charge is 0.323 e. The number of benzene rings is 3. The maximum atomic E-state index is 11.7. The lowest BCUT2D eigenvalue weighted by Gasteiger charge is -2.19. The topological polar surface area (TPSA) is 83.1 Å². The number of rotatable bonds is 7. The first-order chi connectivity index (χ1) is 17.6. The zero-order valence-corrected chi connectivity index (χ0v) is 21.2. The number of thioether (sulfide) groups is 1. The van der Waals surface area contributed by atoms with E-state index in [0.717, 1.165) is 64.1 Å². The van der Waals surface area contributed by atoms with Crippen LogP contribution in [0.3, 0.4) is 0 Å². The molecule has 180 valence electrons. The van der Waals surface area contributed by atoms with Gasteiger partial charge in [0.2, 0.25) is 0 Å². The summed E-state index contributed by atoms with van der Waals surface area (Å²) in [6.45, 7) is 4.83. The van der Waals surface area contributed by atoms with Crippen LogP contribution in [0.4, 0.5) is 4.79 Å². The molecule has 1 aliphatic rings. The standard InChI is InChI=1S/C29H27N5OS/c1-3-4-13-27-31-25-15-14-20(28-19(2)36-29(35)33-32-28)16-26(25)34(27)18-22-10-6-8-12-24(22)23-11-7-5-9-21(23)17-30/h5-12,14-16,19H,3-4,13,18H2,1-2H3,(H,33,35). The Labute approximate surface area is 215 Å². The number of imidazole rings is 1. The summed E-state index contributed by atoms with van der Waals surface area (Å²) in [5.74, 6) is 1.05. The number of aryl methyl sites for hydroxylation is 1. The fourth-order valence-corrected chi connectivity index (χ4v) is 5.40. The Morgan fingerprint density at radius 3 is 2.64 bits per heavy atom. The number of nitriles is 1. The number of nitrogens with zero attached hydrogens (tertiary/aromatic N) is 4. The Hall–Kier alpha value is -3.89. The second-order valence-electron chi connectivity index (χ2n) is 8.89. The lowest BCUT2D eigenvalue weighted by atomic mass is 9.95. The number of fused-ring (bicyclic) bond motifs is 1. The molecular formula is C29H27N5OS. The highest BCUT2D eigenvalue weighted by atomic mass is 32.2. The van der Waals surface area contributed by atoms with Crippen molar-refractivity contribution in [3.63, 3.8) is 0 Å². The van der Waals surface area contributed by atoms with Crippen LogP contribution in [0.1, 0.15) is 49.2 Å². The van der Waals surface area contributed by atoms with Gasteiger partial charge >= 0.3 is 0 Å². The van der Waals surface area contributed by atoms with E-state index in [1.807, 2.05) is 55.5 Å². The van der Waals surface area contributed by atoms with E-state index in [-0.39, 0.29) is 10.5 Å². The highest BCUT2D eigenvalue weighted by Crippen LogP contribution is 2.30. The first-order valence-electron chi connectivity index (χ1n) is 12.2. The Kier molecular flexibility index (Phi) is 6.88. The van der Waals surface area contributed by atoms with Crippen molar-refractivity contribution >= 4 is 33.7 Å². The molecule has 36 heavy (non-hydrogen) atoms. The van der Waals surface area contributed by atoms with E-state index in [1.54, 1.807) is 0 Å². The van der Waals surface area contributed by atoms with Crippen molar-refractivity contribution in [1.29, 1.82) is 5.26 Å². The van der Waals surface area contributed by atoms with Gasteiger partial charge in [0.1, 0.15) is 5.82 Å². The monoisotopic (exact) mass is 493 g/mol. The van der Waals surface area contributed by atoms with Crippen molar-refractivity contribution in [3.8, 4) is 17.2 Å². The number of nitrogens with one attached hydrogen (secondary N) is 1. The molecule has 2 heterocycles. The zero-order chi connectivity index (χ0) is 25.1. The molecule has 7 heteroatoms. The van der Waals surface area contributed by atoms with E-state index in [0.29, 0.717) is 12.1 Å². The number of carbonyl (C=O) groups excluding carboxylic acids is 1. The third-order valence-corrected chi connectivity index (χ3v) is 7.38. The zero-order valence-electron chi connectivity index (χ0n) is 20.4. The van der Waals surface area contributed by atoms with Gasteiger partial charge in [-0.15, -0.1) is 0 Å². The Morgan fingerprint density at radius 1 is 1.08 bits per heavy atom. The molecule has 1 unspecified atom stereocenters. The minimum atomic E-state index is -0.131. The molecule has 0 spiro atoms. The molecule has 1 aromatic heterocycles. The molecule has 0 bridgehead atoms. The van der Waals surface area contributed by atoms with Crippen LogP contribution in [0.2, 0.25) is 0 Å². The van der Waals surface area contributed by atoms with Gasteiger partial charge in [-0.1, -0.05) is 73.6 Å². The number of hydrogen-bond acceptors (Lipinski definition) is 5. The number of hydrogen-bond donors (Lipinski definition) is 1. The Bertz CT molecular complexity index is 1510. The smallest absolute Gasteiger partial charge is 0.299 e. The van der Waals surface area contributed by atoms with Crippen LogP contribution in [-0.4, -0.2) is 25.8 Å². The molecule has 1 amide bonds. The summed E-state index contributed by atoms with van der Waals surface area (Å²) in [5, 5.41) is 13.9. The number of unbranched alkanes of at least 4 members (excludes halogenated alkanes) is 1. The van der Waals surface area contributed by atoms with Crippen molar-refractivity contribution < 1.29 is 4.79 Å². The summed E-state index contributed by atoms with van der Waals surface area (Å²) in [6.07, 6.45) is 3.04. The minimum Gasteiger partial charge on any atom is -0.323 e. The van der Waals surface area contributed by atoms with Gasteiger partial charge in [-0.05, 0) is 48.2 Å². The first-order valence-corrected chi connectivity index (χ1v) is 13.1. The predicted octanol–water partition coefficient (Wildman–Crippen LogP) is 6.51. The molecule has 0 saturated heterocycles. The lowest BCUT2D eigenvalue weighted by Crippen LogP contribution is -2.29. The SMILES string of the molecule is CCCCc1nc2ccc(C3=NNC(=O)SC3C)cc2n1Cc1ccccc1-c1ccccc1C#N. The normalized spacial score (nSPS) is 15.4. The van der Waals surface area contributed by atoms with Crippen molar-refractivity contribution in [3.05, 3.63) is 89.2 Å². The van der Waals surface area contributed by atoms with Crippen LogP contribution < -0.4 is 5.43 Å². The third-order valence-electron chi connectivity index (χ3n) is 6.50. The highest BCUT2D eigenvalue weighted by Gasteiger charge is 2.23. The summed E-state index contributed by atoms with van der Waals surface area (Å²) in [7, 11) is 0. The second-order valence-corrected chi connectivity index (χ2v) is 10.2. The summed E-state index contributed by atoms with van der Waals surface area (Å²) in [5.41, 5.74) is 10.2. The second kappa shape index (κ2) is 10.4. The van der Waals surface area contributed by atoms with E-state index in [1.165, 1.54) is 11.8 Å². The van der Waals surface area contributed by atoms with Crippen molar-refractivity contribution in [2.45, 2.75) is 44.9 Å². The average Bonchev–Trinajstić information content (AvgIpc) is 3.24.